The average molecular weight is 525 g/mol. The Bertz CT molecular complexity index is 1150. The zero-order valence-corrected chi connectivity index (χ0v) is 23.0. The summed E-state index contributed by atoms with van der Waals surface area (Å²) in [7, 11) is 3.00. The van der Waals surface area contributed by atoms with E-state index >= 15 is 0 Å². The highest BCUT2D eigenvalue weighted by Crippen LogP contribution is 2.24. The molecular formula is C29H40N4O5. The predicted molar refractivity (Wildman–Crippen MR) is 146 cm³/mol. The molecule has 2 aromatic carbocycles. The topological polar surface area (TPSA) is 147 Å². The van der Waals surface area contributed by atoms with Crippen LogP contribution in [-0.4, -0.2) is 70.6 Å². The number of rotatable bonds is 12. The molecule has 0 fully saturated rings. The van der Waals surface area contributed by atoms with Gasteiger partial charge in [0.05, 0.1) is 11.6 Å². The maximum absolute atomic E-state index is 13.7. The molecule has 9 heteroatoms. The molecule has 2 rings (SSSR count). The van der Waals surface area contributed by atoms with Crippen LogP contribution in [-0.2, 0) is 27.2 Å². The first-order valence-corrected chi connectivity index (χ1v) is 12.7. The summed E-state index contributed by atoms with van der Waals surface area (Å²) in [4.78, 5) is 54.4. The Balaban J connectivity index is 2.27. The van der Waals surface area contributed by atoms with Gasteiger partial charge in [0.15, 0.2) is 5.78 Å². The Morgan fingerprint density at radius 3 is 1.97 bits per heavy atom. The first kappa shape index (κ1) is 30.5. The number of phenolic OH excluding ortho intramolecular Hbond substituents is 1. The lowest BCUT2D eigenvalue weighted by Gasteiger charge is -2.36. The molecule has 206 valence electrons. The van der Waals surface area contributed by atoms with Crippen LogP contribution in [0.2, 0.25) is 0 Å². The van der Waals surface area contributed by atoms with E-state index < -0.39 is 29.9 Å². The van der Waals surface area contributed by atoms with Gasteiger partial charge in [-0.05, 0) is 35.6 Å². The lowest BCUT2D eigenvalue weighted by molar-refractivity contribution is -0.149. The molecule has 0 radical (unpaired) electrons. The number of nitrogens with zero attached hydrogens (tertiary/aromatic N) is 2. The number of carbonyl (C=O) groups is 4. The zero-order chi connectivity index (χ0) is 28.7. The largest absolute Gasteiger partial charge is 0.507 e. The van der Waals surface area contributed by atoms with Gasteiger partial charge in [-0.2, -0.15) is 0 Å². The number of hydrogen-bond donors (Lipinski definition) is 3. The van der Waals surface area contributed by atoms with Gasteiger partial charge in [-0.3, -0.25) is 19.2 Å². The van der Waals surface area contributed by atoms with Crippen molar-refractivity contribution < 1.29 is 24.3 Å². The number of Topliss-reactive ketones (excluding diaryl/α,β-unsaturated/α-hetero) is 1. The SMILES string of the molecule is CC(C)C(=O)c1cc(CC(C(N)=O)N(C)C(=O)C(C(C)C)N(C)C(=O)[C@@H](N)Cc2ccccc2)ccc1O. The van der Waals surface area contributed by atoms with Gasteiger partial charge >= 0.3 is 0 Å². The van der Waals surface area contributed by atoms with E-state index in [4.69, 9.17) is 11.5 Å². The summed E-state index contributed by atoms with van der Waals surface area (Å²) >= 11 is 0. The molecule has 0 aromatic heterocycles. The van der Waals surface area contributed by atoms with Crippen LogP contribution in [0.5, 0.6) is 5.75 Å². The van der Waals surface area contributed by atoms with Crippen molar-refractivity contribution in [3.05, 3.63) is 65.2 Å². The third kappa shape index (κ3) is 7.41. The van der Waals surface area contributed by atoms with Crippen LogP contribution in [0.25, 0.3) is 0 Å². The van der Waals surface area contributed by atoms with E-state index in [2.05, 4.69) is 0 Å². The van der Waals surface area contributed by atoms with Crippen molar-refractivity contribution in [3.63, 3.8) is 0 Å². The lowest BCUT2D eigenvalue weighted by Crippen LogP contribution is -2.58. The second-order valence-electron chi connectivity index (χ2n) is 10.4. The molecule has 0 heterocycles. The van der Waals surface area contributed by atoms with Gasteiger partial charge in [-0.25, -0.2) is 0 Å². The molecule has 2 aromatic rings. The fourth-order valence-corrected chi connectivity index (χ4v) is 4.48. The Labute approximate surface area is 224 Å². The second-order valence-corrected chi connectivity index (χ2v) is 10.4. The molecule has 0 bridgehead atoms. The molecule has 5 N–H and O–H groups in total. The van der Waals surface area contributed by atoms with Crippen molar-refractivity contribution in [1.29, 1.82) is 0 Å². The molecule has 3 amide bonds. The summed E-state index contributed by atoms with van der Waals surface area (Å²) < 4.78 is 0. The van der Waals surface area contributed by atoms with Crippen molar-refractivity contribution in [2.45, 2.75) is 58.7 Å². The average Bonchev–Trinajstić information content (AvgIpc) is 2.86. The summed E-state index contributed by atoms with van der Waals surface area (Å²) in [6.45, 7) is 7.07. The third-order valence-corrected chi connectivity index (χ3v) is 6.69. The number of aromatic hydroxyl groups is 1. The lowest BCUT2D eigenvalue weighted by atomic mass is 9.94. The molecule has 0 aliphatic carbocycles. The first-order valence-electron chi connectivity index (χ1n) is 12.7. The molecule has 0 spiro atoms. The maximum Gasteiger partial charge on any atom is 0.246 e. The van der Waals surface area contributed by atoms with Crippen molar-refractivity contribution in [2.75, 3.05) is 14.1 Å². The van der Waals surface area contributed by atoms with E-state index in [0.29, 0.717) is 12.0 Å². The number of benzene rings is 2. The summed E-state index contributed by atoms with van der Waals surface area (Å²) in [6.07, 6.45) is 0.354. The summed E-state index contributed by atoms with van der Waals surface area (Å²) in [5, 5.41) is 10.2. The number of carbonyl (C=O) groups excluding carboxylic acids is 4. The molecule has 38 heavy (non-hydrogen) atoms. The summed E-state index contributed by atoms with van der Waals surface area (Å²) in [5.74, 6) is -2.58. The number of nitrogens with two attached hydrogens (primary N) is 2. The third-order valence-electron chi connectivity index (χ3n) is 6.69. The molecule has 2 unspecified atom stereocenters. The molecule has 0 aliphatic rings. The number of phenols is 1. The predicted octanol–water partition coefficient (Wildman–Crippen LogP) is 2.14. The normalized spacial score (nSPS) is 13.6. The maximum atomic E-state index is 13.7. The molecule has 0 aliphatic heterocycles. The highest BCUT2D eigenvalue weighted by atomic mass is 16.3. The van der Waals surface area contributed by atoms with Gasteiger partial charge in [-0.15, -0.1) is 0 Å². The fraction of sp³-hybridized carbons (Fsp3) is 0.448. The van der Waals surface area contributed by atoms with E-state index in [9.17, 15) is 24.3 Å². The minimum atomic E-state index is -1.04. The van der Waals surface area contributed by atoms with Crippen LogP contribution >= 0.6 is 0 Å². The van der Waals surface area contributed by atoms with Crippen LogP contribution in [0, 0.1) is 11.8 Å². The van der Waals surface area contributed by atoms with E-state index in [1.165, 1.54) is 36.0 Å². The standard InChI is InChI=1S/C29H40N4O5/c1-17(2)25(33(6)28(37)22(30)15-19-10-8-7-9-11-19)29(38)32(5)23(27(31)36)16-20-12-13-24(34)21(14-20)26(35)18(3)4/h7-14,17-18,22-23,25,34H,15-16,30H2,1-6H3,(H2,31,36)/t22-,23?,25?/m0/s1. The van der Waals surface area contributed by atoms with Crippen molar-refractivity contribution >= 4 is 23.5 Å². The van der Waals surface area contributed by atoms with Crippen molar-refractivity contribution in [3.8, 4) is 5.75 Å². The molecule has 0 saturated carbocycles. The van der Waals surface area contributed by atoms with E-state index in [-0.39, 0.29) is 41.3 Å². The van der Waals surface area contributed by atoms with Crippen LogP contribution in [0.15, 0.2) is 48.5 Å². The van der Waals surface area contributed by atoms with Gasteiger partial charge in [0.1, 0.15) is 17.8 Å². The summed E-state index contributed by atoms with van der Waals surface area (Å²) in [5.41, 5.74) is 13.5. The van der Waals surface area contributed by atoms with Crippen LogP contribution in [0.1, 0.15) is 49.2 Å². The quantitative estimate of drug-likeness (QED) is 0.363. The van der Waals surface area contributed by atoms with Gasteiger partial charge in [-0.1, -0.05) is 64.1 Å². The fourth-order valence-electron chi connectivity index (χ4n) is 4.48. The Kier molecular flexibility index (Phi) is 10.6. The van der Waals surface area contributed by atoms with Gasteiger partial charge < -0.3 is 26.4 Å². The Hall–Kier alpha value is -3.72. The van der Waals surface area contributed by atoms with Crippen molar-refractivity contribution in [1.82, 2.24) is 9.80 Å². The molecule has 9 nitrogen and oxygen atoms in total. The Morgan fingerprint density at radius 2 is 1.45 bits per heavy atom. The van der Waals surface area contributed by atoms with E-state index in [1.54, 1.807) is 19.9 Å². The highest BCUT2D eigenvalue weighted by Gasteiger charge is 2.37. The number of amides is 3. The highest BCUT2D eigenvalue weighted by molar-refractivity contribution is 6.00. The number of hydrogen-bond acceptors (Lipinski definition) is 6. The molecule has 3 atom stereocenters. The van der Waals surface area contributed by atoms with E-state index in [1.807, 2.05) is 44.2 Å². The Morgan fingerprint density at radius 1 is 0.842 bits per heavy atom. The molecule has 0 saturated heterocycles. The number of likely N-dealkylation sites (N-methyl/N-ethyl adjacent to an activating group) is 2. The first-order chi connectivity index (χ1) is 17.8. The summed E-state index contributed by atoms with van der Waals surface area (Å²) in [6, 6.07) is 11.1. The van der Waals surface area contributed by atoms with Crippen LogP contribution in [0.4, 0.5) is 0 Å². The van der Waals surface area contributed by atoms with Crippen LogP contribution < -0.4 is 11.5 Å². The van der Waals surface area contributed by atoms with E-state index in [0.717, 1.165) is 5.56 Å². The van der Waals surface area contributed by atoms with Gasteiger partial charge in [0.25, 0.3) is 0 Å². The number of primary amides is 1. The van der Waals surface area contributed by atoms with Gasteiger partial charge in [0, 0.05) is 26.4 Å². The van der Waals surface area contributed by atoms with Gasteiger partial charge in [0.2, 0.25) is 17.7 Å². The monoisotopic (exact) mass is 524 g/mol. The second kappa shape index (κ2) is 13.2. The molecular weight excluding hydrogens is 484 g/mol. The number of ketones is 1. The minimum absolute atomic E-state index is 0.0340. The van der Waals surface area contributed by atoms with Crippen molar-refractivity contribution in [2.24, 2.45) is 23.3 Å². The smallest absolute Gasteiger partial charge is 0.246 e. The minimum Gasteiger partial charge on any atom is -0.507 e. The van der Waals surface area contributed by atoms with Crippen LogP contribution in [0.3, 0.4) is 0 Å². The zero-order valence-electron chi connectivity index (χ0n) is 23.0.